The fourth-order valence-electron chi connectivity index (χ4n) is 2.54. The molecule has 0 saturated carbocycles. The summed E-state index contributed by atoms with van der Waals surface area (Å²) in [7, 11) is 1.33. The molecule has 2 heterocycles. The van der Waals surface area contributed by atoms with Crippen molar-refractivity contribution in [2.45, 2.75) is 13.0 Å². The molecule has 0 saturated heterocycles. The zero-order valence-electron chi connectivity index (χ0n) is 12.0. The van der Waals surface area contributed by atoms with E-state index in [-0.39, 0.29) is 12.8 Å². The summed E-state index contributed by atoms with van der Waals surface area (Å²) in [6.07, 6.45) is -0.515. The molecule has 3 rings (SSSR count). The van der Waals surface area contributed by atoms with Crippen molar-refractivity contribution in [3.8, 4) is 11.5 Å². The highest BCUT2D eigenvalue weighted by atomic mass is 16.7. The Balaban J connectivity index is 1.79. The van der Waals surface area contributed by atoms with Crippen molar-refractivity contribution in [3.05, 3.63) is 23.8 Å². The first kappa shape index (κ1) is 13.5. The van der Waals surface area contributed by atoms with Crippen molar-refractivity contribution >= 4 is 12.1 Å². The summed E-state index contributed by atoms with van der Waals surface area (Å²) in [5, 5.41) is 2.64. The number of likely N-dealkylation sites (N-methyl/N-ethyl adjacent to an activating group) is 1. The standard InChI is InChI=1S/C14H17N3O4/c1-3-17-10(7-15-13(17)16-14(18)19-2)9-4-5-11-12(6-9)21-8-20-11/h4-6,10H,3,7-8H2,1-2H3,(H,15,16,18). The van der Waals surface area contributed by atoms with Crippen LogP contribution in [0, 0.1) is 0 Å². The molecule has 1 aromatic carbocycles. The Morgan fingerprint density at radius 1 is 1.48 bits per heavy atom. The number of ether oxygens (including phenoxy) is 3. The van der Waals surface area contributed by atoms with E-state index in [9.17, 15) is 4.79 Å². The zero-order chi connectivity index (χ0) is 14.8. The highest BCUT2D eigenvalue weighted by Crippen LogP contribution is 2.36. The first-order chi connectivity index (χ1) is 10.2. The second kappa shape index (κ2) is 5.51. The minimum atomic E-state index is -0.515. The van der Waals surface area contributed by atoms with Gasteiger partial charge in [0.1, 0.15) is 0 Å². The lowest BCUT2D eigenvalue weighted by molar-refractivity contribution is 0.173. The smallest absolute Gasteiger partial charge is 0.413 e. The van der Waals surface area contributed by atoms with Crippen molar-refractivity contribution in [3.63, 3.8) is 0 Å². The molecule has 0 fully saturated rings. The lowest BCUT2D eigenvalue weighted by Crippen LogP contribution is -2.42. The van der Waals surface area contributed by atoms with E-state index in [1.807, 2.05) is 30.0 Å². The van der Waals surface area contributed by atoms with E-state index in [0.29, 0.717) is 12.5 Å². The van der Waals surface area contributed by atoms with E-state index in [0.717, 1.165) is 23.6 Å². The van der Waals surface area contributed by atoms with E-state index >= 15 is 0 Å². The van der Waals surface area contributed by atoms with E-state index in [4.69, 9.17) is 9.47 Å². The van der Waals surface area contributed by atoms with Gasteiger partial charge in [-0.25, -0.2) is 4.79 Å². The Kier molecular flexibility index (Phi) is 3.55. The van der Waals surface area contributed by atoms with Gasteiger partial charge in [0.15, 0.2) is 11.5 Å². The van der Waals surface area contributed by atoms with Crippen LogP contribution >= 0.6 is 0 Å². The fraction of sp³-hybridized carbons (Fsp3) is 0.429. The number of benzene rings is 1. The number of guanidine groups is 1. The molecule has 1 aromatic rings. The van der Waals surface area contributed by atoms with Crippen LogP contribution in [0.25, 0.3) is 0 Å². The Bertz CT molecular complexity index is 588. The highest BCUT2D eigenvalue weighted by molar-refractivity contribution is 5.95. The summed E-state index contributed by atoms with van der Waals surface area (Å²) >= 11 is 0. The molecule has 2 aliphatic heterocycles. The van der Waals surface area contributed by atoms with Crippen LogP contribution < -0.4 is 14.8 Å². The minimum Gasteiger partial charge on any atom is -0.454 e. The number of rotatable bonds is 2. The van der Waals surface area contributed by atoms with E-state index < -0.39 is 6.09 Å². The molecule has 1 N–H and O–H groups in total. The normalized spacial score (nSPS) is 19.4. The zero-order valence-corrected chi connectivity index (χ0v) is 12.0. The number of alkyl carbamates (subject to hydrolysis) is 1. The molecule has 112 valence electrons. The van der Waals surface area contributed by atoms with Crippen LogP contribution in [-0.4, -0.2) is 43.9 Å². The second-order valence-electron chi connectivity index (χ2n) is 4.70. The first-order valence-corrected chi connectivity index (χ1v) is 6.78. The van der Waals surface area contributed by atoms with Gasteiger partial charge in [-0.05, 0) is 24.6 Å². The fourth-order valence-corrected chi connectivity index (χ4v) is 2.54. The summed E-state index contributed by atoms with van der Waals surface area (Å²) < 4.78 is 15.3. The van der Waals surface area contributed by atoms with Gasteiger partial charge in [0, 0.05) is 6.54 Å². The molecule has 0 aliphatic carbocycles. The molecule has 7 nitrogen and oxygen atoms in total. The van der Waals surface area contributed by atoms with Crippen molar-refractivity contribution in [2.24, 2.45) is 4.99 Å². The van der Waals surface area contributed by atoms with Crippen LogP contribution in [0.2, 0.25) is 0 Å². The Labute approximate surface area is 122 Å². The molecule has 2 aliphatic rings. The van der Waals surface area contributed by atoms with Gasteiger partial charge in [-0.3, -0.25) is 10.3 Å². The van der Waals surface area contributed by atoms with Crippen molar-refractivity contribution in [1.82, 2.24) is 10.2 Å². The Morgan fingerprint density at radius 2 is 2.29 bits per heavy atom. The van der Waals surface area contributed by atoms with Gasteiger partial charge >= 0.3 is 6.09 Å². The molecule has 0 bridgehead atoms. The van der Waals surface area contributed by atoms with Crippen LogP contribution in [0.15, 0.2) is 23.2 Å². The second-order valence-corrected chi connectivity index (χ2v) is 4.70. The number of nitrogens with one attached hydrogen (secondary N) is 1. The SMILES string of the molecule is CCN1C(NC(=O)OC)=NCC1c1ccc2c(c1)OCO2. The Morgan fingerprint density at radius 3 is 3.05 bits per heavy atom. The summed E-state index contributed by atoms with van der Waals surface area (Å²) in [5.74, 6) is 2.04. The van der Waals surface area contributed by atoms with E-state index in [2.05, 4.69) is 15.0 Å². The highest BCUT2D eigenvalue weighted by Gasteiger charge is 2.30. The molecule has 0 radical (unpaired) electrons. The molecular weight excluding hydrogens is 274 g/mol. The molecule has 1 unspecified atom stereocenters. The Hall–Kier alpha value is -2.44. The average molecular weight is 291 g/mol. The van der Waals surface area contributed by atoms with Gasteiger partial charge in [0.05, 0.1) is 19.7 Å². The van der Waals surface area contributed by atoms with Crippen LogP contribution in [0.3, 0.4) is 0 Å². The number of nitrogens with zero attached hydrogens (tertiary/aromatic N) is 2. The lowest BCUT2D eigenvalue weighted by atomic mass is 10.1. The van der Waals surface area contributed by atoms with Gasteiger partial charge in [-0.2, -0.15) is 0 Å². The molecular formula is C14H17N3O4. The summed E-state index contributed by atoms with van der Waals surface area (Å²) in [5.41, 5.74) is 1.08. The number of hydrogen-bond acceptors (Lipinski definition) is 6. The maximum atomic E-state index is 11.3. The molecule has 1 atom stereocenters. The summed E-state index contributed by atoms with van der Waals surface area (Å²) in [6, 6.07) is 5.93. The number of aliphatic imine (C=N–C) groups is 1. The first-order valence-electron chi connectivity index (χ1n) is 6.78. The monoisotopic (exact) mass is 291 g/mol. The van der Waals surface area contributed by atoms with Gasteiger partial charge in [-0.15, -0.1) is 0 Å². The lowest BCUT2D eigenvalue weighted by Gasteiger charge is -2.26. The molecule has 7 heteroatoms. The van der Waals surface area contributed by atoms with Crippen molar-refractivity contribution < 1.29 is 19.0 Å². The number of amides is 1. The van der Waals surface area contributed by atoms with Crippen LogP contribution in [-0.2, 0) is 4.74 Å². The topological polar surface area (TPSA) is 72.4 Å². The molecule has 0 aromatic heterocycles. The number of hydrogen-bond donors (Lipinski definition) is 1. The number of carbonyl (C=O) groups excluding carboxylic acids is 1. The van der Waals surface area contributed by atoms with Crippen molar-refractivity contribution in [2.75, 3.05) is 27.0 Å². The molecule has 21 heavy (non-hydrogen) atoms. The van der Waals surface area contributed by atoms with Crippen molar-refractivity contribution in [1.29, 1.82) is 0 Å². The minimum absolute atomic E-state index is 0.0663. The molecule has 0 spiro atoms. The van der Waals surface area contributed by atoms with Gasteiger partial charge in [-0.1, -0.05) is 6.07 Å². The number of fused-ring (bicyclic) bond motifs is 1. The van der Waals surface area contributed by atoms with Crippen LogP contribution in [0.4, 0.5) is 4.79 Å². The molecule has 1 amide bonds. The third kappa shape index (κ3) is 2.46. The summed E-state index contributed by atoms with van der Waals surface area (Å²) in [6.45, 7) is 3.57. The number of methoxy groups -OCH3 is 1. The predicted molar refractivity (Wildman–Crippen MR) is 75.5 cm³/mol. The summed E-state index contributed by atoms with van der Waals surface area (Å²) in [4.78, 5) is 17.8. The third-order valence-corrected chi connectivity index (χ3v) is 3.58. The van der Waals surface area contributed by atoms with E-state index in [1.165, 1.54) is 7.11 Å². The van der Waals surface area contributed by atoms with Gasteiger partial charge in [0.2, 0.25) is 12.8 Å². The largest absolute Gasteiger partial charge is 0.454 e. The average Bonchev–Trinajstić information content (AvgIpc) is 3.12. The quantitative estimate of drug-likeness (QED) is 0.894. The van der Waals surface area contributed by atoms with E-state index in [1.54, 1.807) is 0 Å². The van der Waals surface area contributed by atoms with Crippen LogP contribution in [0.1, 0.15) is 18.5 Å². The third-order valence-electron chi connectivity index (χ3n) is 3.58. The maximum absolute atomic E-state index is 11.3. The number of carbonyl (C=O) groups is 1. The van der Waals surface area contributed by atoms with Gasteiger partial charge in [0.25, 0.3) is 0 Å². The maximum Gasteiger partial charge on any atom is 0.413 e. The predicted octanol–water partition coefficient (Wildman–Crippen LogP) is 1.50. The van der Waals surface area contributed by atoms with Gasteiger partial charge < -0.3 is 19.1 Å². The van der Waals surface area contributed by atoms with Crippen LogP contribution in [0.5, 0.6) is 11.5 Å².